The van der Waals surface area contributed by atoms with Gasteiger partial charge in [0.2, 0.25) is 0 Å². The van der Waals surface area contributed by atoms with Gasteiger partial charge in [-0.15, -0.1) is 0 Å². The van der Waals surface area contributed by atoms with Gasteiger partial charge in [0.15, 0.2) is 5.76 Å². The molecule has 2 heterocycles. The van der Waals surface area contributed by atoms with Gasteiger partial charge < -0.3 is 4.52 Å². The number of aromatic nitrogens is 3. The third-order valence-corrected chi connectivity index (χ3v) is 2.86. The first-order valence-electron chi connectivity index (χ1n) is 5.31. The molecule has 1 aromatic carbocycles. The molecular formula is C12H11N3O2. The lowest BCUT2D eigenvalue weighted by atomic mass is 10.3. The molecule has 17 heavy (non-hydrogen) atoms. The van der Waals surface area contributed by atoms with Crippen molar-refractivity contribution < 1.29 is 4.52 Å². The summed E-state index contributed by atoms with van der Waals surface area (Å²) in [6.07, 6.45) is 1.57. The molecule has 0 radical (unpaired) electrons. The third kappa shape index (κ3) is 1.47. The lowest BCUT2D eigenvalue weighted by Gasteiger charge is -1.98. The van der Waals surface area contributed by atoms with Crippen LogP contribution in [0.25, 0.3) is 11.0 Å². The van der Waals surface area contributed by atoms with E-state index in [1.54, 1.807) is 28.4 Å². The monoisotopic (exact) mass is 229 g/mol. The second-order valence-corrected chi connectivity index (χ2v) is 3.90. The van der Waals surface area contributed by atoms with Gasteiger partial charge in [-0.1, -0.05) is 17.3 Å². The highest BCUT2D eigenvalue weighted by molar-refractivity contribution is 5.75. The van der Waals surface area contributed by atoms with E-state index >= 15 is 0 Å². The molecule has 0 aliphatic rings. The summed E-state index contributed by atoms with van der Waals surface area (Å²) >= 11 is 0. The fourth-order valence-corrected chi connectivity index (χ4v) is 2.00. The first-order chi connectivity index (χ1) is 8.27. The predicted molar refractivity (Wildman–Crippen MR) is 62.8 cm³/mol. The largest absolute Gasteiger partial charge is 0.359 e. The molecule has 0 aliphatic carbocycles. The minimum atomic E-state index is -0.0531. The first kappa shape index (κ1) is 9.89. The van der Waals surface area contributed by atoms with E-state index in [9.17, 15) is 4.79 Å². The second kappa shape index (κ2) is 3.62. The van der Waals surface area contributed by atoms with E-state index in [4.69, 9.17) is 4.52 Å². The van der Waals surface area contributed by atoms with Crippen LogP contribution in [-0.4, -0.2) is 14.3 Å². The zero-order valence-electron chi connectivity index (χ0n) is 9.33. The Balaban J connectivity index is 2.22. The van der Waals surface area contributed by atoms with Crippen LogP contribution in [-0.2, 0) is 13.6 Å². The molecule has 3 rings (SSSR count). The van der Waals surface area contributed by atoms with E-state index in [1.165, 1.54) is 0 Å². The standard InChI is InChI=1S/C12H11N3O2/c1-14-10-4-2-3-5-11(10)15(12(14)16)8-9-6-7-13-17-9/h2-7H,8H2,1H3. The van der Waals surface area contributed by atoms with Crippen LogP contribution in [0.1, 0.15) is 5.76 Å². The molecule has 0 aliphatic heterocycles. The SMILES string of the molecule is Cn1c(=O)n(Cc2ccno2)c2ccccc21. The molecule has 5 heteroatoms. The van der Waals surface area contributed by atoms with Gasteiger partial charge in [0.1, 0.15) is 0 Å². The van der Waals surface area contributed by atoms with Gasteiger partial charge in [0, 0.05) is 13.1 Å². The molecule has 86 valence electrons. The molecule has 3 aromatic rings. The summed E-state index contributed by atoms with van der Waals surface area (Å²) in [7, 11) is 1.77. The Hall–Kier alpha value is -2.30. The van der Waals surface area contributed by atoms with Gasteiger partial charge in [0.05, 0.1) is 23.8 Å². The van der Waals surface area contributed by atoms with Gasteiger partial charge in [-0.05, 0) is 12.1 Å². The number of hydrogen-bond acceptors (Lipinski definition) is 3. The topological polar surface area (TPSA) is 53.0 Å². The summed E-state index contributed by atoms with van der Waals surface area (Å²) in [6, 6.07) is 9.44. The number of aryl methyl sites for hydroxylation is 1. The summed E-state index contributed by atoms with van der Waals surface area (Å²) in [6.45, 7) is 0.403. The fourth-order valence-electron chi connectivity index (χ4n) is 2.00. The van der Waals surface area contributed by atoms with Crippen LogP contribution in [0.3, 0.4) is 0 Å². The summed E-state index contributed by atoms with van der Waals surface area (Å²) < 4.78 is 8.34. The maximum atomic E-state index is 12.1. The van der Waals surface area contributed by atoms with Crippen molar-refractivity contribution >= 4 is 11.0 Å². The first-order valence-corrected chi connectivity index (χ1v) is 5.31. The number of rotatable bonds is 2. The van der Waals surface area contributed by atoms with Crippen molar-refractivity contribution in [3.8, 4) is 0 Å². The lowest BCUT2D eigenvalue weighted by molar-refractivity contribution is 0.376. The van der Waals surface area contributed by atoms with Gasteiger partial charge in [-0.25, -0.2) is 4.79 Å². The Morgan fingerprint density at radius 2 is 2.00 bits per heavy atom. The van der Waals surface area contributed by atoms with Crippen LogP contribution in [0.15, 0.2) is 45.8 Å². The number of hydrogen-bond donors (Lipinski definition) is 0. The smallest absolute Gasteiger partial charge is 0.329 e. The second-order valence-electron chi connectivity index (χ2n) is 3.90. The molecule has 0 fully saturated rings. The van der Waals surface area contributed by atoms with Crippen LogP contribution in [0.2, 0.25) is 0 Å². The van der Waals surface area contributed by atoms with Gasteiger partial charge in [-0.3, -0.25) is 9.13 Å². The molecule has 5 nitrogen and oxygen atoms in total. The van der Waals surface area contributed by atoms with Crippen LogP contribution in [0.4, 0.5) is 0 Å². The average molecular weight is 229 g/mol. The fraction of sp³-hybridized carbons (Fsp3) is 0.167. The molecule has 0 atom stereocenters. The minimum Gasteiger partial charge on any atom is -0.359 e. The van der Waals surface area contributed by atoms with Gasteiger partial charge in [0.25, 0.3) is 0 Å². The third-order valence-electron chi connectivity index (χ3n) is 2.86. The maximum absolute atomic E-state index is 12.1. The molecule has 0 bridgehead atoms. The van der Waals surface area contributed by atoms with Crippen molar-refractivity contribution in [2.75, 3.05) is 0 Å². The van der Waals surface area contributed by atoms with Crippen molar-refractivity contribution in [3.05, 3.63) is 52.8 Å². The highest BCUT2D eigenvalue weighted by atomic mass is 16.5. The van der Waals surface area contributed by atoms with Crippen molar-refractivity contribution in [1.82, 2.24) is 14.3 Å². The summed E-state index contributed by atoms with van der Waals surface area (Å²) in [4.78, 5) is 12.1. The van der Waals surface area contributed by atoms with Crippen molar-refractivity contribution in [2.45, 2.75) is 6.54 Å². The van der Waals surface area contributed by atoms with E-state index in [1.807, 2.05) is 24.3 Å². The van der Waals surface area contributed by atoms with Crippen LogP contribution in [0, 0.1) is 0 Å². The molecule has 2 aromatic heterocycles. The normalized spacial score (nSPS) is 11.1. The average Bonchev–Trinajstić information content (AvgIpc) is 2.94. The van der Waals surface area contributed by atoms with Crippen molar-refractivity contribution in [1.29, 1.82) is 0 Å². The summed E-state index contributed by atoms with van der Waals surface area (Å²) in [5, 5.41) is 3.64. The van der Waals surface area contributed by atoms with E-state index in [2.05, 4.69) is 5.16 Å². The molecular weight excluding hydrogens is 218 g/mol. The zero-order chi connectivity index (χ0) is 11.8. The van der Waals surface area contributed by atoms with Gasteiger partial charge in [-0.2, -0.15) is 0 Å². The van der Waals surface area contributed by atoms with E-state index < -0.39 is 0 Å². The van der Waals surface area contributed by atoms with Gasteiger partial charge >= 0.3 is 5.69 Å². The zero-order valence-corrected chi connectivity index (χ0v) is 9.33. The summed E-state index contributed by atoms with van der Waals surface area (Å²) in [5.41, 5.74) is 1.76. The van der Waals surface area contributed by atoms with E-state index in [0.29, 0.717) is 12.3 Å². The Labute approximate surface area is 96.9 Å². The predicted octanol–water partition coefficient (Wildman–Crippen LogP) is 1.38. The number of fused-ring (bicyclic) bond motifs is 1. The van der Waals surface area contributed by atoms with Crippen LogP contribution in [0.5, 0.6) is 0 Å². The minimum absolute atomic E-state index is 0.0531. The van der Waals surface area contributed by atoms with Crippen LogP contribution < -0.4 is 5.69 Å². The highest BCUT2D eigenvalue weighted by Gasteiger charge is 2.11. The molecule has 0 saturated carbocycles. The Kier molecular flexibility index (Phi) is 2.11. The van der Waals surface area contributed by atoms with Crippen molar-refractivity contribution in [3.63, 3.8) is 0 Å². The number of para-hydroxylation sites is 2. The summed E-state index contributed by atoms with van der Waals surface area (Å²) in [5.74, 6) is 0.670. The Bertz CT molecular complexity index is 707. The number of imidazole rings is 1. The van der Waals surface area contributed by atoms with E-state index in [0.717, 1.165) is 11.0 Å². The number of nitrogens with zero attached hydrogens (tertiary/aromatic N) is 3. The maximum Gasteiger partial charge on any atom is 0.329 e. The van der Waals surface area contributed by atoms with Crippen LogP contribution >= 0.6 is 0 Å². The number of benzene rings is 1. The highest BCUT2D eigenvalue weighted by Crippen LogP contribution is 2.12. The Morgan fingerprint density at radius 3 is 2.71 bits per heavy atom. The molecule has 0 amide bonds. The quantitative estimate of drug-likeness (QED) is 0.667. The Morgan fingerprint density at radius 1 is 1.24 bits per heavy atom. The molecule has 0 saturated heterocycles. The molecule has 0 spiro atoms. The molecule has 0 N–H and O–H groups in total. The van der Waals surface area contributed by atoms with Crippen molar-refractivity contribution in [2.24, 2.45) is 7.05 Å². The molecule has 0 unspecified atom stereocenters. The van der Waals surface area contributed by atoms with E-state index in [-0.39, 0.29) is 5.69 Å². The lowest BCUT2D eigenvalue weighted by Crippen LogP contribution is -2.22.